The first-order chi connectivity index (χ1) is 9.97. The summed E-state index contributed by atoms with van der Waals surface area (Å²) in [4.78, 5) is 11.4. The van der Waals surface area contributed by atoms with Crippen LogP contribution in [0.2, 0.25) is 5.02 Å². The highest BCUT2D eigenvalue weighted by atomic mass is 35.5. The lowest BCUT2D eigenvalue weighted by molar-refractivity contribution is -0.145. The number of para-hydroxylation sites is 1. The van der Waals surface area contributed by atoms with Crippen LogP contribution in [0.5, 0.6) is 5.75 Å². The second-order valence-corrected chi connectivity index (χ2v) is 5.42. The van der Waals surface area contributed by atoms with Crippen LogP contribution < -0.4 is 4.74 Å². The summed E-state index contributed by atoms with van der Waals surface area (Å²) in [5, 5.41) is 9.79. The molecule has 2 rings (SSSR count). The molecule has 0 aliphatic heterocycles. The Balaban J connectivity index is 2.22. The molecule has 0 spiro atoms. The second-order valence-electron chi connectivity index (χ2n) is 5.01. The summed E-state index contributed by atoms with van der Waals surface area (Å²) in [6.45, 7) is 3.94. The van der Waals surface area contributed by atoms with Crippen LogP contribution in [-0.4, -0.2) is 17.2 Å². The lowest BCUT2D eigenvalue weighted by Crippen LogP contribution is -2.29. The number of carboxylic acid groups (broad SMARTS) is 1. The minimum absolute atomic E-state index is 0.300. The third-order valence-electron chi connectivity index (χ3n) is 3.29. The molecule has 0 heterocycles. The Kier molecular flexibility index (Phi) is 4.86. The quantitative estimate of drug-likeness (QED) is 0.907. The van der Waals surface area contributed by atoms with Gasteiger partial charge >= 0.3 is 5.97 Å². The summed E-state index contributed by atoms with van der Waals surface area (Å²) in [6.07, 6.45) is -0.668. The highest BCUT2D eigenvalue weighted by Crippen LogP contribution is 2.25. The number of aryl methyl sites for hydroxylation is 2. The molecule has 0 radical (unpaired) electrons. The molecule has 1 N–H and O–H groups in total. The van der Waals surface area contributed by atoms with Gasteiger partial charge in [0.15, 0.2) is 6.10 Å². The van der Waals surface area contributed by atoms with Crippen LogP contribution in [0, 0.1) is 13.8 Å². The van der Waals surface area contributed by atoms with E-state index in [1.54, 1.807) is 24.3 Å². The van der Waals surface area contributed by atoms with E-state index in [0.717, 1.165) is 16.7 Å². The molecule has 0 fully saturated rings. The predicted molar refractivity (Wildman–Crippen MR) is 83.1 cm³/mol. The van der Waals surface area contributed by atoms with Gasteiger partial charge in [0.05, 0.1) is 5.02 Å². The fraction of sp³-hybridized carbons (Fsp3) is 0.235. The fourth-order valence-electron chi connectivity index (χ4n) is 2.09. The molecular weight excluding hydrogens is 288 g/mol. The van der Waals surface area contributed by atoms with Crippen LogP contribution in [0.1, 0.15) is 16.7 Å². The Hall–Kier alpha value is -2.00. The van der Waals surface area contributed by atoms with Gasteiger partial charge in [0.2, 0.25) is 0 Å². The number of carbonyl (C=O) groups is 1. The Labute approximate surface area is 129 Å². The average molecular weight is 305 g/mol. The number of hydrogen-bond acceptors (Lipinski definition) is 2. The van der Waals surface area contributed by atoms with Gasteiger partial charge in [-0.2, -0.15) is 0 Å². The molecule has 110 valence electrons. The van der Waals surface area contributed by atoms with Gasteiger partial charge < -0.3 is 9.84 Å². The third kappa shape index (κ3) is 3.99. The minimum atomic E-state index is -1.00. The van der Waals surface area contributed by atoms with Crippen LogP contribution in [-0.2, 0) is 11.2 Å². The van der Waals surface area contributed by atoms with Crippen molar-refractivity contribution in [2.75, 3.05) is 0 Å². The zero-order valence-electron chi connectivity index (χ0n) is 12.0. The van der Waals surface area contributed by atoms with E-state index in [2.05, 4.69) is 0 Å². The summed E-state index contributed by atoms with van der Waals surface area (Å²) in [6, 6.07) is 12.9. The standard InChI is InChI=1S/C17H17ClO3/c1-11-7-8-12(2)13(9-11)10-16(17(19)20)21-15-6-4-3-5-14(15)18/h3-9,16H,10H2,1-2H3,(H,19,20)/t16-/m1/s1. The molecule has 3 nitrogen and oxygen atoms in total. The van der Waals surface area contributed by atoms with Crippen LogP contribution in [0.25, 0.3) is 0 Å². The monoisotopic (exact) mass is 304 g/mol. The molecule has 0 unspecified atom stereocenters. The van der Waals surface area contributed by atoms with Gasteiger partial charge in [-0.25, -0.2) is 4.79 Å². The molecule has 0 amide bonds. The summed E-state index contributed by atoms with van der Waals surface area (Å²) in [5.74, 6) is -0.618. The number of halogens is 1. The van der Waals surface area contributed by atoms with Gasteiger partial charge in [0, 0.05) is 6.42 Å². The molecule has 21 heavy (non-hydrogen) atoms. The summed E-state index contributed by atoms with van der Waals surface area (Å²) < 4.78 is 5.57. The van der Waals surface area contributed by atoms with E-state index in [1.165, 1.54) is 0 Å². The summed E-state index contributed by atoms with van der Waals surface area (Å²) in [5.41, 5.74) is 3.11. The van der Waals surface area contributed by atoms with Crippen molar-refractivity contribution in [1.82, 2.24) is 0 Å². The Morgan fingerprint density at radius 2 is 1.95 bits per heavy atom. The molecule has 2 aromatic carbocycles. The highest BCUT2D eigenvalue weighted by molar-refractivity contribution is 6.32. The summed E-state index contributed by atoms with van der Waals surface area (Å²) >= 11 is 6.01. The number of rotatable bonds is 5. The van der Waals surface area contributed by atoms with Crippen molar-refractivity contribution in [1.29, 1.82) is 0 Å². The van der Waals surface area contributed by atoms with E-state index in [1.807, 2.05) is 32.0 Å². The normalized spacial score (nSPS) is 12.0. The van der Waals surface area contributed by atoms with E-state index in [9.17, 15) is 9.90 Å². The number of carboxylic acids is 1. The highest BCUT2D eigenvalue weighted by Gasteiger charge is 2.22. The molecular formula is C17H17ClO3. The first-order valence-corrected chi connectivity index (χ1v) is 7.05. The first kappa shape index (κ1) is 15.4. The van der Waals surface area contributed by atoms with Gasteiger partial charge in [-0.05, 0) is 37.1 Å². The van der Waals surface area contributed by atoms with Crippen molar-refractivity contribution in [2.45, 2.75) is 26.4 Å². The van der Waals surface area contributed by atoms with E-state index in [-0.39, 0.29) is 0 Å². The SMILES string of the molecule is Cc1ccc(C)c(C[C@@H](Oc2ccccc2Cl)C(=O)O)c1. The number of benzene rings is 2. The topological polar surface area (TPSA) is 46.5 Å². The maximum Gasteiger partial charge on any atom is 0.345 e. The third-order valence-corrected chi connectivity index (χ3v) is 3.60. The number of aliphatic carboxylic acids is 1. The average Bonchev–Trinajstić information content (AvgIpc) is 2.44. The van der Waals surface area contributed by atoms with Crippen molar-refractivity contribution in [2.24, 2.45) is 0 Å². The van der Waals surface area contributed by atoms with Crippen molar-refractivity contribution in [3.63, 3.8) is 0 Å². The van der Waals surface area contributed by atoms with Gasteiger partial charge in [-0.15, -0.1) is 0 Å². The largest absolute Gasteiger partial charge is 0.478 e. The Morgan fingerprint density at radius 3 is 2.62 bits per heavy atom. The Bertz CT molecular complexity index is 652. The van der Waals surface area contributed by atoms with E-state index in [0.29, 0.717) is 17.2 Å². The maximum absolute atomic E-state index is 11.4. The predicted octanol–water partition coefficient (Wildman–Crippen LogP) is 4.03. The lowest BCUT2D eigenvalue weighted by Gasteiger charge is -2.17. The van der Waals surface area contributed by atoms with Crippen molar-refractivity contribution in [3.8, 4) is 5.75 Å². The maximum atomic E-state index is 11.4. The zero-order chi connectivity index (χ0) is 15.4. The minimum Gasteiger partial charge on any atom is -0.478 e. The van der Waals surface area contributed by atoms with Crippen LogP contribution in [0.15, 0.2) is 42.5 Å². The van der Waals surface area contributed by atoms with Gasteiger partial charge in [0.25, 0.3) is 0 Å². The van der Waals surface area contributed by atoms with E-state index < -0.39 is 12.1 Å². The van der Waals surface area contributed by atoms with Gasteiger partial charge in [-0.3, -0.25) is 0 Å². The van der Waals surface area contributed by atoms with Gasteiger partial charge in [-0.1, -0.05) is 47.5 Å². The first-order valence-electron chi connectivity index (χ1n) is 6.67. The molecule has 4 heteroatoms. The van der Waals surface area contributed by atoms with Crippen molar-refractivity contribution in [3.05, 3.63) is 64.2 Å². The van der Waals surface area contributed by atoms with E-state index >= 15 is 0 Å². The molecule has 0 aromatic heterocycles. The van der Waals surface area contributed by atoms with Crippen molar-refractivity contribution < 1.29 is 14.6 Å². The van der Waals surface area contributed by atoms with Crippen LogP contribution >= 0.6 is 11.6 Å². The molecule has 2 aromatic rings. The lowest BCUT2D eigenvalue weighted by atomic mass is 10.00. The molecule has 0 aliphatic carbocycles. The molecule has 0 bridgehead atoms. The van der Waals surface area contributed by atoms with Crippen LogP contribution in [0.3, 0.4) is 0 Å². The number of hydrogen-bond donors (Lipinski definition) is 1. The van der Waals surface area contributed by atoms with E-state index in [4.69, 9.17) is 16.3 Å². The molecule has 0 saturated heterocycles. The van der Waals surface area contributed by atoms with Gasteiger partial charge in [0.1, 0.15) is 5.75 Å². The number of ether oxygens (including phenoxy) is 1. The van der Waals surface area contributed by atoms with Crippen LogP contribution in [0.4, 0.5) is 0 Å². The molecule has 0 aliphatic rings. The Morgan fingerprint density at radius 1 is 1.24 bits per heavy atom. The second kappa shape index (κ2) is 6.64. The van der Waals surface area contributed by atoms with Crippen molar-refractivity contribution >= 4 is 17.6 Å². The molecule has 0 saturated carbocycles. The smallest absolute Gasteiger partial charge is 0.345 e. The zero-order valence-corrected chi connectivity index (χ0v) is 12.7. The molecule has 1 atom stereocenters. The summed E-state index contributed by atoms with van der Waals surface area (Å²) in [7, 11) is 0. The fourth-order valence-corrected chi connectivity index (χ4v) is 2.27.